The van der Waals surface area contributed by atoms with Crippen LogP contribution in [0, 0.1) is 22.2 Å². The molecular weight excluding hydrogens is 282 g/mol. The van der Waals surface area contributed by atoms with Crippen molar-refractivity contribution < 1.29 is 0 Å². The van der Waals surface area contributed by atoms with Gasteiger partial charge in [-0.05, 0) is 96.6 Å². The second-order valence-electron chi connectivity index (χ2n) is 8.02. The van der Waals surface area contributed by atoms with Crippen molar-refractivity contribution in [3.63, 3.8) is 0 Å². The van der Waals surface area contributed by atoms with Crippen LogP contribution in [0.15, 0.2) is 35.0 Å². The van der Waals surface area contributed by atoms with Crippen molar-refractivity contribution in [3.05, 3.63) is 45.9 Å². The summed E-state index contributed by atoms with van der Waals surface area (Å²) in [5.74, 6) is 2.40. The molecule has 0 aliphatic heterocycles. The Bertz CT molecular complexity index is 662. The van der Waals surface area contributed by atoms with Gasteiger partial charge in [-0.3, -0.25) is 0 Å². The van der Waals surface area contributed by atoms with E-state index in [4.69, 9.17) is 0 Å². The van der Waals surface area contributed by atoms with E-state index in [1.54, 1.807) is 5.57 Å². The first kappa shape index (κ1) is 15.1. The van der Waals surface area contributed by atoms with E-state index in [0.29, 0.717) is 17.0 Å². The van der Waals surface area contributed by atoms with Gasteiger partial charge in [-0.15, -0.1) is 4.91 Å². The van der Waals surface area contributed by atoms with Crippen molar-refractivity contribution in [2.45, 2.75) is 64.7 Å². The van der Waals surface area contributed by atoms with Crippen molar-refractivity contribution in [2.75, 3.05) is 0 Å². The van der Waals surface area contributed by atoms with Gasteiger partial charge in [-0.25, -0.2) is 0 Å². The van der Waals surface area contributed by atoms with Crippen LogP contribution in [0.3, 0.4) is 0 Å². The summed E-state index contributed by atoms with van der Waals surface area (Å²) in [5, 5.41) is 3.12. The summed E-state index contributed by atoms with van der Waals surface area (Å²) in [6.07, 6.45) is 11.4. The van der Waals surface area contributed by atoms with Crippen LogP contribution in [0.2, 0.25) is 0 Å². The van der Waals surface area contributed by atoms with Crippen LogP contribution in [0.25, 0.3) is 0 Å². The topological polar surface area (TPSA) is 29.4 Å². The summed E-state index contributed by atoms with van der Waals surface area (Å²) in [4.78, 5) is 10.8. The third-order valence-electron chi connectivity index (χ3n) is 7.11. The molecule has 2 nitrogen and oxygen atoms in total. The molecule has 4 unspecified atom stereocenters. The Hall–Kier alpha value is -1.44. The molecule has 0 heterocycles. The summed E-state index contributed by atoms with van der Waals surface area (Å²) in [7, 11) is 0. The van der Waals surface area contributed by atoms with E-state index >= 15 is 0 Å². The molecule has 2 saturated carbocycles. The van der Waals surface area contributed by atoms with Crippen molar-refractivity contribution in [3.8, 4) is 0 Å². The van der Waals surface area contributed by atoms with Gasteiger partial charge in [0.2, 0.25) is 0 Å². The molecule has 0 bridgehead atoms. The van der Waals surface area contributed by atoms with Gasteiger partial charge in [0.15, 0.2) is 0 Å². The lowest BCUT2D eigenvalue weighted by Gasteiger charge is -2.49. The number of allylic oxidation sites excluding steroid dienone is 2. The SMILES string of the molecule is CC/C=C1\CCC2C3CCc4cc(N=O)ccc4C3CCC12C. The number of hydrogen-bond acceptors (Lipinski definition) is 2. The fourth-order valence-corrected chi connectivity index (χ4v) is 6.06. The summed E-state index contributed by atoms with van der Waals surface area (Å²) in [6.45, 7) is 4.81. The van der Waals surface area contributed by atoms with Gasteiger partial charge in [0, 0.05) is 0 Å². The fraction of sp³-hybridized carbons (Fsp3) is 0.619. The molecule has 122 valence electrons. The molecule has 0 spiro atoms. The normalized spacial score (nSPS) is 37.1. The average molecular weight is 309 g/mol. The highest BCUT2D eigenvalue weighted by Gasteiger charge is 2.52. The monoisotopic (exact) mass is 309 g/mol. The quantitative estimate of drug-likeness (QED) is 0.467. The van der Waals surface area contributed by atoms with Gasteiger partial charge < -0.3 is 0 Å². The highest BCUT2D eigenvalue weighted by atomic mass is 16.3. The number of nitroso groups, excluding NO2 is 1. The van der Waals surface area contributed by atoms with E-state index in [1.807, 2.05) is 12.1 Å². The van der Waals surface area contributed by atoms with Gasteiger partial charge in [0.05, 0.1) is 0 Å². The van der Waals surface area contributed by atoms with E-state index in [0.717, 1.165) is 18.3 Å². The summed E-state index contributed by atoms with van der Waals surface area (Å²) in [5.41, 5.74) is 5.70. The molecule has 0 radical (unpaired) electrons. The van der Waals surface area contributed by atoms with Crippen molar-refractivity contribution in [2.24, 2.45) is 22.4 Å². The maximum Gasteiger partial charge on any atom is 0.108 e. The average Bonchev–Trinajstić information content (AvgIpc) is 2.91. The van der Waals surface area contributed by atoms with Gasteiger partial charge >= 0.3 is 0 Å². The minimum atomic E-state index is 0.457. The summed E-state index contributed by atoms with van der Waals surface area (Å²) in [6, 6.07) is 6.14. The first-order chi connectivity index (χ1) is 11.2. The Morgan fingerprint density at radius 2 is 2.13 bits per heavy atom. The Morgan fingerprint density at radius 3 is 2.91 bits per heavy atom. The smallest absolute Gasteiger partial charge is 0.108 e. The number of benzene rings is 1. The molecule has 0 amide bonds. The molecule has 3 aliphatic rings. The molecule has 2 heteroatoms. The first-order valence-electron chi connectivity index (χ1n) is 9.33. The number of fused-ring (bicyclic) bond motifs is 5. The molecule has 4 atom stereocenters. The molecule has 1 aromatic carbocycles. The minimum absolute atomic E-state index is 0.457. The van der Waals surface area contributed by atoms with E-state index in [2.05, 4.69) is 31.2 Å². The van der Waals surface area contributed by atoms with Crippen molar-refractivity contribution in [1.82, 2.24) is 0 Å². The largest absolute Gasteiger partial charge is 0.145 e. The number of rotatable bonds is 2. The lowest BCUT2D eigenvalue weighted by Crippen LogP contribution is -2.40. The van der Waals surface area contributed by atoms with E-state index in [1.165, 1.54) is 49.7 Å². The lowest BCUT2D eigenvalue weighted by atomic mass is 9.55. The van der Waals surface area contributed by atoms with Crippen molar-refractivity contribution >= 4 is 5.69 Å². The van der Waals surface area contributed by atoms with Gasteiger partial charge in [-0.1, -0.05) is 31.6 Å². The molecule has 1 aromatic rings. The zero-order valence-corrected chi connectivity index (χ0v) is 14.3. The third-order valence-corrected chi connectivity index (χ3v) is 7.11. The van der Waals surface area contributed by atoms with Gasteiger partial charge in [0.25, 0.3) is 0 Å². The van der Waals surface area contributed by atoms with Crippen LogP contribution in [0.5, 0.6) is 0 Å². The molecule has 23 heavy (non-hydrogen) atoms. The number of aryl methyl sites for hydroxylation is 1. The standard InChI is InChI=1S/C21H27NO/c1-3-4-15-6-10-20-19-8-5-14-13-16(22-23)7-9-17(14)18(19)11-12-21(15,20)2/h4,7,9,13,18-20H,3,5-6,8,10-12H2,1-2H3/b15-4+. The predicted molar refractivity (Wildman–Crippen MR) is 94.9 cm³/mol. The molecule has 2 fully saturated rings. The Labute approximate surface area is 139 Å². The molecule has 0 N–H and O–H groups in total. The maximum atomic E-state index is 10.8. The van der Waals surface area contributed by atoms with E-state index in [9.17, 15) is 4.91 Å². The second kappa shape index (κ2) is 5.58. The summed E-state index contributed by atoms with van der Waals surface area (Å²) >= 11 is 0. The van der Waals surface area contributed by atoms with Gasteiger partial charge in [0.1, 0.15) is 5.69 Å². The lowest BCUT2D eigenvalue weighted by molar-refractivity contribution is 0.0813. The second-order valence-corrected chi connectivity index (χ2v) is 8.02. The van der Waals surface area contributed by atoms with Gasteiger partial charge in [-0.2, -0.15) is 0 Å². The minimum Gasteiger partial charge on any atom is -0.145 e. The Morgan fingerprint density at radius 1 is 1.26 bits per heavy atom. The van der Waals surface area contributed by atoms with Crippen LogP contribution in [-0.2, 0) is 6.42 Å². The highest BCUT2D eigenvalue weighted by Crippen LogP contribution is 2.62. The van der Waals surface area contributed by atoms with E-state index in [-0.39, 0.29) is 0 Å². The zero-order valence-electron chi connectivity index (χ0n) is 14.3. The van der Waals surface area contributed by atoms with E-state index < -0.39 is 0 Å². The van der Waals surface area contributed by atoms with Crippen LogP contribution in [0.1, 0.15) is 69.4 Å². The molecule has 0 aromatic heterocycles. The molecular formula is C21H27NO. The zero-order chi connectivity index (χ0) is 16.0. The highest BCUT2D eigenvalue weighted by molar-refractivity contribution is 5.47. The predicted octanol–water partition coefficient (Wildman–Crippen LogP) is 6.28. The molecule has 3 aliphatic carbocycles. The van der Waals surface area contributed by atoms with Crippen LogP contribution < -0.4 is 0 Å². The first-order valence-corrected chi connectivity index (χ1v) is 9.33. The van der Waals surface area contributed by atoms with Crippen LogP contribution >= 0.6 is 0 Å². The Balaban J connectivity index is 1.68. The van der Waals surface area contributed by atoms with Crippen LogP contribution in [-0.4, -0.2) is 0 Å². The van der Waals surface area contributed by atoms with Crippen LogP contribution in [0.4, 0.5) is 5.69 Å². The number of nitrogens with zero attached hydrogens (tertiary/aromatic N) is 1. The molecule has 4 rings (SSSR count). The Kier molecular flexibility index (Phi) is 3.66. The fourth-order valence-electron chi connectivity index (χ4n) is 6.06. The molecule has 0 saturated heterocycles. The van der Waals surface area contributed by atoms with Crippen molar-refractivity contribution in [1.29, 1.82) is 0 Å². The summed E-state index contributed by atoms with van der Waals surface area (Å²) < 4.78 is 0. The third kappa shape index (κ3) is 2.21. The maximum absolute atomic E-state index is 10.8. The number of hydrogen-bond donors (Lipinski definition) is 0.